The molecule has 2 N–H and O–H groups in total. The van der Waals surface area contributed by atoms with Crippen LogP contribution in [0.3, 0.4) is 0 Å². The summed E-state index contributed by atoms with van der Waals surface area (Å²) in [6.07, 6.45) is -1.37. The number of hydrazone groups is 1. The van der Waals surface area contributed by atoms with E-state index in [0.29, 0.717) is 27.9 Å². The fourth-order valence-electron chi connectivity index (χ4n) is 5.25. The van der Waals surface area contributed by atoms with Gasteiger partial charge in [-0.3, -0.25) is 9.79 Å². The molecule has 3 aromatic carbocycles. The third kappa shape index (κ3) is 5.28. The maximum absolute atomic E-state index is 13.3. The molecule has 3 heterocycles. The second-order valence-corrected chi connectivity index (χ2v) is 10.6. The molecule has 3 aliphatic rings. The van der Waals surface area contributed by atoms with Crippen LogP contribution in [0.5, 0.6) is 0 Å². The van der Waals surface area contributed by atoms with Crippen LogP contribution in [-0.2, 0) is 14.3 Å². The Kier molecular flexibility index (Phi) is 7.18. The molecule has 3 aliphatic heterocycles. The number of amides is 1. The van der Waals surface area contributed by atoms with Crippen molar-refractivity contribution in [3.63, 3.8) is 0 Å². The van der Waals surface area contributed by atoms with Gasteiger partial charge in [0.15, 0.2) is 6.17 Å². The van der Waals surface area contributed by atoms with Gasteiger partial charge in [-0.2, -0.15) is 0 Å². The van der Waals surface area contributed by atoms with Gasteiger partial charge in [0, 0.05) is 37.0 Å². The standard InChI is InChI=1S/C30H31ClN6O3/c1-18-16-37(17-19(2)39-18)21-13-14-22(24(31)15-21)29-35-36(3)30(40-29)34-27-28(38)32-25-12-8-7-11-23(25)26(33-27)20-9-5-4-6-10-20/h4-15,18-19,27,30,34H,16-17H2,1-3H3,(H,32,38)/t18-,19+,27-,30?/m1/s1. The first-order valence-corrected chi connectivity index (χ1v) is 13.7. The fraction of sp³-hybridized carbons (Fsp3) is 0.300. The highest BCUT2D eigenvalue weighted by Crippen LogP contribution is 2.29. The zero-order valence-electron chi connectivity index (χ0n) is 22.5. The summed E-state index contributed by atoms with van der Waals surface area (Å²) in [5.41, 5.74) is 4.86. The molecule has 0 aliphatic carbocycles. The minimum absolute atomic E-state index is 0.143. The number of hydrogen-bond donors (Lipinski definition) is 2. The van der Waals surface area contributed by atoms with Crippen LogP contribution < -0.4 is 15.5 Å². The largest absolute Gasteiger partial charge is 0.437 e. The minimum atomic E-state index is -0.923. The highest BCUT2D eigenvalue weighted by atomic mass is 35.5. The molecule has 40 heavy (non-hydrogen) atoms. The van der Waals surface area contributed by atoms with Crippen LogP contribution in [0.25, 0.3) is 0 Å². The summed E-state index contributed by atoms with van der Waals surface area (Å²) < 4.78 is 12.0. The first kappa shape index (κ1) is 26.3. The highest BCUT2D eigenvalue weighted by Gasteiger charge is 2.34. The van der Waals surface area contributed by atoms with E-state index >= 15 is 0 Å². The second-order valence-electron chi connectivity index (χ2n) is 10.2. The number of benzene rings is 3. The Balaban J connectivity index is 1.22. The number of aliphatic imine (C=N–C) groups is 1. The molecule has 6 rings (SSSR count). The monoisotopic (exact) mass is 558 g/mol. The van der Waals surface area contributed by atoms with E-state index < -0.39 is 12.5 Å². The third-order valence-electron chi connectivity index (χ3n) is 7.07. The predicted molar refractivity (Wildman–Crippen MR) is 157 cm³/mol. The molecule has 1 saturated heterocycles. The number of rotatable bonds is 5. The Morgan fingerprint density at radius 2 is 1.70 bits per heavy atom. The molecule has 0 radical (unpaired) electrons. The van der Waals surface area contributed by atoms with Crippen LogP contribution in [-0.4, -0.2) is 67.4 Å². The maximum Gasteiger partial charge on any atom is 0.264 e. The number of carbonyl (C=O) groups excluding carboxylic acids is 1. The maximum atomic E-state index is 13.3. The van der Waals surface area contributed by atoms with Crippen LogP contribution >= 0.6 is 11.6 Å². The Morgan fingerprint density at radius 1 is 0.975 bits per heavy atom. The van der Waals surface area contributed by atoms with Crippen LogP contribution in [0, 0.1) is 0 Å². The van der Waals surface area contributed by atoms with Gasteiger partial charge in [0.25, 0.3) is 5.91 Å². The third-order valence-corrected chi connectivity index (χ3v) is 7.39. The fourth-order valence-corrected chi connectivity index (χ4v) is 5.51. The zero-order valence-corrected chi connectivity index (χ0v) is 23.3. The Labute approximate surface area is 238 Å². The molecular weight excluding hydrogens is 528 g/mol. The molecule has 206 valence electrons. The van der Waals surface area contributed by atoms with Gasteiger partial charge in [0.1, 0.15) is 0 Å². The van der Waals surface area contributed by atoms with Gasteiger partial charge in [0.2, 0.25) is 12.2 Å². The smallest absolute Gasteiger partial charge is 0.264 e. The summed E-state index contributed by atoms with van der Waals surface area (Å²) in [5, 5.41) is 12.9. The van der Waals surface area contributed by atoms with E-state index in [0.717, 1.165) is 29.9 Å². The number of morpholine rings is 1. The lowest BCUT2D eigenvalue weighted by Crippen LogP contribution is -2.49. The predicted octanol–water partition coefficient (Wildman–Crippen LogP) is 4.27. The van der Waals surface area contributed by atoms with E-state index in [1.807, 2.05) is 72.8 Å². The summed E-state index contributed by atoms with van der Waals surface area (Å²) in [5.74, 6) is 0.0741. The summed E-state index contributed by atoms with van der Waals surface area (Å²) in [4.78, 5) is 20.4. The molecule has 0 bridgehead atoms. The molecule has 0 aromatic heterocycles. The summed E-state index contributed by atoms with van der Waals surface area (Å²) in [7, 11) is 1.77. The summed E-state index contributed by atoms with van der Waals surface area (Å²) in [6, 6.07) is 23.3. The summed E-state index contributed by atoms with van der Waals surface area (Å²) in [6.45, 7) is 5.74. The Hall–Kier alpha value is -3.92. The van der Waals surface area contributed by atoms with Crippen LogP contribution in [0.1, 0.15) is 30.5 Å². The van der Waals surface area contributed by atoms with E-state index in [1.54, 1.807) is 12.1 Å². The average Bonchev–Trinajstić information content (AvgIpc) is 3.23. The van der Waals surface area contributed by atoms with Gasteiger partial charge in [-0.15, -0.1) is 5.10 Å². The number of halogens is 1. The van der Waals surface area contributed by atoms with E-state index in [4.69, 9.17) is 26.1 Å². The number of carbonyl (C=O) groups is 1. The molecule has 9 nitrogen and oxygen atoms in total. The lowest BCUT2D eigenvalue weighted by atomic mass is 10.0. The first-order valence-electron chi connectivity index (χ1n) is 13.3. The number of para-hydroxylation sites is 1. The van der Waals surface area contributed by atoms with Crippen LogP contribution in [0.4, 0.5) is 11.4 Å². The molecular formula is C30H31ClN6O3. The van der Waals surface area contributed by atoms with Crippen molar-refractivity contribution >= 4 is 40.5 Å². The Bertz CT molecular complexity index is 1470. The molecule has 3 aromatic rings. The highest BCUT2D eigenvalue weighted by molar-refractivity contribution is 6.34. The molecule has 1 amide bonds. The van der Waals surface area contributed by atoms with E-state index in [-0.39, 0.29) is 18.1 Å². The number of ether oxygens (including phenoxy) is 2. The van der Waals surface area contributed by atoms with Gasteiger partial charge >= 0.3 is 0 Å². The van der Waals surface area contributed by atoms with Crippen molar-refractivity contribution in [1.29, 1.82) is 0 Å². The molecule has 1 fully saturated rings. The topological polar surface area (TPSA) is 90.8 Å². The van der Waals surface area contributed by atoms with Gasteiger partial charge in [-0.25, -0.2) is 10.3 Å². The van der Waals surface area contributed by atoms with Gasteiger partial charge in [-0.1, -0.05) is 60.1 Å². The van der Waals surface area contributed by atoms with Crippen molar-refractivity contribution in [2.75, 3.05) is 30.4 Å². The number of anilines is 2. The van der Waals surface area contributed by atoms with Gasteiger partial charge in [-0.05, 0) is 38.1 Å². The van der Waals surface area contributed by atoms with E-state index in [1.165, 1.54) is 0 Å². The van der Waals surface area contributed by atoms with Crippen molar-refractivity contribution in [2.24, 2.45) is 10.1 Å². The quantitative estimate of drug-likeness (QED) is 0.486. The van der Waals surface area contributed by atoms with Gasteiger partial charge < -0.3 is 19.7 Å². The van der Waals surface area contributed by atoms with Crippen LogP contribution in [0.15, 0.2) is 82.9 Å². The first-order chi connectivity index (χ1) is 19.4. The van der Waals surface area contributed by atoms with Gasteiger partial charge in [0.05, 0.1) is 34.2 Å². The molecule has 0 saturated carbocycles. The number of benzodiazepines with no additional fused rings is 1. The summed E-state index contributed by atoms with van der Waals surface area (Å²) >= 11 is 6.73. The van der Waals surface area contributed by atoms with Crippen molar-refractivity contribution in [1.82, 2.24) is 10.3 Å². The number of nitrogens with one attached hydrogen (secondary N) is 2. The number of hydrogen-bond acceptors (Lipinski definition) is 8. The van der Waals surface area contributed by atoms with Crippen molar-refractivity contribution in [3.05, 3.63) is 94.5 Å². The molecule has 0 spiro atoms. The molecule has 10 heteroatoms. The van der Waals surface area contributed by atoms with Crippen molar-refractivity contribution in [3.8, 4) is 0 Å². The normalized spacial score (nSPS) is 24.4. The van der Waals surface area contributed by atoms with E-state index in [2.05, 4.69) is 34.5 Å². The SMILES string of the molecule is C[C@@H]1CN(c2ccc(C3=NN(C)C(N[C@H]4N=C(c5ccccc5)c5ccccc5NC4=O)O3)c(Cl)c2)C[C@H](C)O1. The zero-order chi connectivity index (χ0) is 27.8. The van der Waals surface area contributed by atoms with Crippen molar-refractivity contribution in [2.45, 2.75) is 38.6 Å². The minimum Gasteiger partial charge on any atom is -0.437 e. The average molecular weight is 559 g/mol. The number of fused-ring (bicyclic) bond motifs is 1. The van der Waals surface area contributed by atoms with E-state index in [9.17, 15) is 4.79 Å². The Morgan fingerprint density at radius 3 is 2.45 bits per heavy atom. The van der Waals surface area contributed by atoms with Crippen LogP contribution in [0.2, 0.25) is 5.02 Å². The second kappa shape index (κ2) is 10.9. The molecule has 1 unspecified atom stereocenters. The van der Waals surface area contributed by atoms with Crippen molar-refractivity contribution < 1.29 is 14.3 Å². The number of nitrogens with zero attached hydrogens (tertiary/aromatic N) is 4. The molecule has 4 atom stereocenters. The lowest BCUT2D eigenvalue weighted by molar-refractivity contribution is -0.119. The lowest BCUT2D eigenvalue weighted by Gasteiger charge is -2.37.